The Balaban J connectivity index is 1.74. The minimum Gasteiger partial charge on any atom is -0.468 e. The summed E-state index contributed by atoms with van der Waals surface area (Å²) in [7, 11) is 1.25. The molecule has 2 unspecified atom stereocenters. The minimum absolute atomic E-state index is 0.0798. The van der Waals surface area contributed by atoms with Crippen LogP contribution in [0, 0.1) is 50.7 Å². The van der Waals surface area contributed by atoms with Crippen LogP contribution in [0.2, 0.25) is 0 Å². The molecule has 0 amide bonds. The van der Waals surface area contributed by atoms with Gasteiger partial charge < -0.3 is 9.47 Å². The summed E-state index contributed by atoms with van der Waals surface area (Å²) < 4.78 is 11.2. The number of carbonyl (C=O) groups excluding carboxylic acids is 4. The van der Waals surface area contributed by atoms with Crippen molar-refractivity contribution < 1.29 is 28.7 Å². The van der Waals surface area contributed by atoms with Crippen molar-refractivity contribution in [2.24, 2.45) is 39.4 Å². The lowest BCUT2D eigenvalue weighted by molar-refractivity contribution is -0.177. The Labute approximate surface area is 205 Å². The van der Waals surface area contributed by atoms with Crippen molar-refractivity contribution in [1.29, 1.82) is 5.26 Å². The van der Waals surface area contributed by atoms with E-state index in [-0.39, 0.29) is 29.2 Å². The fraction of sp³-hybridized carbons (Fsp3) is 0.679. The van der Waals surface area contributed by atoms with E-state index in [1.165, 1.54) is 7.11 Å². The van der Waals surface area contributed by atoms with E-state index in [2.05, 4.69) is 6.92 Å². The first kappa shape index (κ1) is 24.0. The number of carbonyl (C=O) groups is 4. The Morgan fingerprint density at radius 3 is 2.43 bits per heavy atom. The third-order valence-corrected chi connectivity index (χ3v) is 11.1. The zero-order valence-corrected chi connectivity index (χ0v) is 21.3. The predicted octanol–water partition coefficient (Wildman–Crippen LogP) is 3.87. The van der Waals surface area contributed by atoms with Gasteiger partial charge in [-0.15, -0.1) is 0 Å². The van der Waals surface area contributed by atoms with Crippen LogP contribution in [0.3, 0.4) is 0 Å². The lowest BCUT2D eigenvalue weighted by atomic mass is 9.39. The second kappa shape index (κ2) is 6.93. The predicted molar refractivity (Wildman–Crippen MR) is 124 cm³/mol. The van der Waals surface area contributed by atoms with Crippen LogP contribution >= 0.6 is 0 Å². The third kappa shape index (κ3) is 2.37. The molecule has 35 heavy (non-hydrogen) atoms. The summed E-state index contributed by atoms with van der Waals surface area (Å²) in [4.78, 5) is 53.5. The van der Waals surface area contributed by atoms with Gasteiger partial charge in [0.1, 0.15) is 11.5 Å². The van der Waals surface area contributed by atoms with Gasteiger partial charge >= 0.3 is 11.9 Å². The number of nitrogens with zero attached hydrogens (tertiary/aromatic N) is 1. The fourth-order valence-corrected chi connectivity index (χ4v) is 9.10. The van der Waals surface area contributed by atoms with Gasteiger partial charge in [0.2, 0.25) is 0 Å². The summed E-state index contributed by atoms with van der Waals surface area (Å²) >= 11 is 0. The SMILES string of the molecule is CC[C@@]12CCC3[C@](OC1=O)(C(=O)C=C1[C@@]3(C)CC[C@H]3[C@](C)(C(=O)OC)C(=O)C(C#N)=C[C@]13C)C2C. The summed E-state index contributed by atoms with van der Waals surface area (Å²) in [6.07, 6.45) is 6.47. The van der Waals surface area contributed by atoms with Crippen molar-refractivity contribution in [2.75, 3.05) is 7.11 Å². The van der Waals surface area contributed by atoms with E-state index >= 15 is 0 Å². The molecule has 7 nitrogen and oxygen atoms in total. The number of ether oxygens (including phenoxy) is 2. The zero-order valence-electron chi connectivity index (χ0n) is 21.3. The monoisotopic (exact) mass is 479 g/mol. The molecule has 1 aliphatic heterocycles. The van der Waals surface area contributed by atoms with E-state index in [0.29, 0.717) is 32.1 Å². The van der Waals surface area contributed by atoms with E-state index in [1.54, 1.807) is 19.1 Å². The number of rotatable bonds is 2. The van der Waals surface area contributed by atoms with Gasteiger partial charge in [0.05, 0.1) is 18.1 Å². The molecule has 3 fully saturated rings. The molecule has 2 bridgehead atoms. The molecule has 0 aromatic rings. The maximum atomic E-state index is 14.0. The number of fused-ring (bicyclic) bond motifs is 5. The summed E-state index contributed by atoms with van der Waals surface area (Å²) in [6, 6.07) is 1.99. The first-order valence-corrected chi connectivity index (χ1v) is 12.6. The Kier molecular flexibility index (Phi) is 4.74. The van der Waals surface area contributed by atoms with Gasteiger partial charge in [-0.1, -0.05) is 39.3 Å². The maximum Gasteiger partial charge on any atom is 0.319 e. The molecule has 0 radical (unpaired) electrons. The van der Waals surface area contributed by atoms with Crippen LogP contribution < -0.4 is 0 Å². The van der Waals surface area contributed by atoms with Gasteiger partial charge in [0, 0.05) is 17.3 Å². The van der Waals surface area contributed by atoms with Crippen molar-refractivity contribution in [3.05, 3.63) is 23.3 Å². The maximum absolute atomic E-state index is 14.0. The lowest BCUT2D eigenvalue weighted by Gasteiger charge is -2.63. The number of esters is 2. The normalized spacial score (nSPS) is 47.9. The first-order chi connectivity index (χ1) is 16.3. The van der Waals surface area contributed by atoms with Crippen LogP contribution in [-0.2, 0) is 28.7 Å². The van der Waals surface area contributed by atoms with Crippen LogP contribution in [0.1, 0.15) is 66.7 Å². The number of allylic oxidation sites excluding steroid dienone is 3. The number of hydrogen-bond acceptors (Lipinski definition) is 7. The van der Waals surface area contributed by atoms with E-state index in [9.17, 15) is 24.4 Å². The highest BCUT2D eigenvalue weighted by Gasteiger charge is 2.76. The zero-order chi connectivity index (χ0) is 25.8. The molecule has 5 aliphatic rings. The molecule has 7 heteroatoms. The molecule has 186 valence electrons. The van der Waals surface area contributed by atoms with Gasteiger partial charge in [0.25, 0.3) is 0 Å². The molecule has 2 saturated carbocycles. The smallest absolute Gasteiger partial charge is 0.319 e. The Morgan fingerprint density at radius 2 is 1.83 bits per heavy atom. The van der Waals surface area contributed by atoms with Crippen molar-refractivity contribution in [3.8, 4) is 6.07 Å². The minimum atomic E-state index is -1.53. The number of ketones is 2. The standard InChI is InChI=1S/C28H33NO6/c1-7-27-11-9-18-24(3)10-8-17-25(4,13-16(14-29)21(31)26(17,5)22(32)34-6)19(24)12-20(30)28(18,15(27)2)35-23(27)33/h12-13,15,17-18H,7-11H2,1-6H3/t15?,17-,18?,24+,25+,26+,27+,28+/m1/s1. The van der Waals surface area contributed by atoms with Crippen LogP contribution in [-0.4, -0.2) is 36.2 Å². The molecule has 1 spiro atoms. The number of methoxy groups -OCH3 is 1. The Bertz CT molecular complexity index is 1190. The number of hydrogen-bond donors (Lipinski definition) is 0. The highest BCUT2D eigenvalue weighted by atomic mass is 16.6. The third-order valence-electron chi connectivity index (χ3n) is 11.1. The Hall–Kier alpha value is -2.75. The average Bonchev–Trinajstić information content (AvgIpc) is 2.95. The second-order valence-electron chi connectivity index (χ2n) is 11.9. The Morgan fingerprint density at radius 1 is 1.17 bits per heavy atom. The topological polar surface area (TPSA) is 111 Å². The molecule has 0 N–H and O–H groups in total. The quantitative estimate of drug-likeness (QED) is 0.437. The van der Waals surface area contributed by atoms with Gasteiger partial charge in [0.15, 0.2) is 17.2 Å². The van der Waals surface area contributed by atoms with Crippen molar-refractivity contribution in [3.63, 3.8) is 0 Å². The second-order valence-corrected chi connectivity index (χ2v) is 11.9. The van der Waals surface area contributed by atoms with E-state index in [4.69, 9.17) is 9.47 Å². The number of nitriles is 1. The van der Waals surface area contributed by atoms with Crippen molar-refractivity contribution >= 4 is 23.5 Å². The van der Waals surface area contributed by atoms with Crippen LogP contribution in [0.4, 0.5) is 0 Å². The molecule has 4 aliphatic carbocycles. The summed E-state index contributed by atoms with van der Waals surface area (Å²) in [6.45, 7) is 9.60. The summed E-state index contributed by atoms with van der Waals surface area (Å²) in [5.74, 6) is -2.57. The molecule has 1 heterocycles. The van der Waals surface area contributed by atoms with E-state index in [0.717, 1.165) is 5.57 Å². The number of Topliss-reactive ketones (excluding diaryl/α,β-unsaturated/α-hetero) is 1. The first-order valence-electron chi connectivity index (χ1n) is 12.6. The van der Waals surface area contributed by atoms with Crippen LogP contribution in [0.15, 0.2) is 23.3 Å². The van der Waals surface area contributed by atoms with Gasteiger partial charge in [-0.25, -0.2) is 0 Å². The van der Waals surface area contributed by atoms with Crippen molar-refractivity contribution in [2.45, 2.75) is 72.3 Å². The van der Waals surface area contributed by atoms with Crippen molar-refractivity contribution in [1.82, 2.24) is 0 Å². The van der Waals surface area contributed by atoms with Gasteiger partial charge in [-0.3, -0.25) is 19.2 Å². The van der Waals surface area contributed by atoms with Crippen LogP contribution in [0.5, 0.6) is 0 Å². The lowest BCUT2D eigenvalue weighted by Crippen LogP contribution is -2.66. The largest absolute Gasteiger partial charge is 0.468 e. The fourth-order valence-electron chi connectivity index (χ4n) is 9.10. The molecule has 5 rings (SSSR count). The van der Waals surface area contributed by atoms with Crippen LogP contribution in [0.25, 0.3) is 0 Å². The molecule has 8 atom stereocenters. The molecular formula is C28H33NO6. The highest BCUT2D eigenvalue weighted by molar-refractivity contribution is 6.15. The average molecular weight is 480 g/mol. The molecule has 0 aromatic heterocycles. The van der Waals surface area contributed by atoms with E-state index < -0.39 is 44.9 Å². The van der Waals surface area contributed by atoms with Gasteiger partial charge in [-0.2, -0.15) is 5.26 Å². The van der Waals surface area contributed by atoms with E-state index in [1.807, 2.05) is 26.8 Å². The molecule has 1 saturated heterocycles. The summed E-state index contributed by atoms with van der Waals surface area (Å²) in [5.41, 5.74) is -3.97. The molecular weight excluding hydrogens is 446 g/mol. The van der Waals surface area contributed by atoms with Gasteiger partial charge in [-0.05, 0) is 56.4 Å². The molecule has 0 aromatic carbocycles. The highest BCUT2D eigenvalue weighted by Crippen LogP contribution is 2.72. The summed E-state index contributed by atoms with van der Waals surface area (Å²) in [5, 5.41) is 9.82.